The Labute approximate surface area is 250 Å². The largest absolute Gasteiger partial charge is 0.444 e. The molecule has 0 bridgehead atoms. The molecule has 4 fully saturated rings. The number of likely N-dealkylation sites (tertiary alicyclic amines) is 1. The fourth-order valence-electron chi connectivity index (χ4n) is 6.10. The number of amides is 3. The van der Waals surface area contributed by atoms with Gasteiger partial charge < -0.3 is 29.5 Å². The summed E-state index contributed by atoms with van der Waals surface area (Å²) < 4.78 is 11.2. The van der Waals surface area contributed by atoms with Crippen LogP contribution < -0.4 is 5.32 Å². The van der Waals surface area contributed by atoms with Gasteiger partial charge in [0.2, 0.25) is 5.91 Å². The molecule has 2 atom stereocenters. The van der Waals surface area contributed by atoms with Gasteiger partial charge in [0, 0.05) is 45.0 Å². The highest BCUT2D eigenvalue weighted by atomic mass is 16.6. The van der Waals surface area contributed by atoms with Gasteiger partial charge in [-0.25, -0.2) is 9.78 Å². The van der Waals surface area contributed by atoms with Crippen molar-refractivity contribution in [3.8, 4) is 0 Å². The highest BCUT2D eigenvalue weighted by Crippen LogP contribution is 2.41. The monoisotopic (exact) mass is 583 g/mol. The smallest absolute Gasteiger partial charge is 0.410 e. The summed E-state index contributed by atoms with van der Waals surface area (Å²) in [6, 6.07) is 2.14. The van der Waals surface area contributed by atoms with Crippen LogP contribution in [0.4, 0.5) is 10.5 Å². The average molecular weight is 584 g/mol. The number of aromatic nitrogens is 1. The predicted molar refractivity (Wildman–Crippen MR) is 160 cm³/mol. The maximum absolute atomic E-state index is 14.4. The second-order valence-corrected chi connectivity index (χ2v) is 14.0. The lowest BCUT2D eigenvalue weighted by molar-refractivity contribution is -0.142. The molecule has 2 saturated carbocycles. The molecular weight excluding hydrogens is 534 g/mol. The van der Waals surface area contributed by atoms with Gasteiger partial charge in [-0.15, -0.1) is 0 Å². The highest BCUT2D eigenvalue weighted by Gasteiger charge is 2.42. The molecule has 1 aromatic rings. The molecule has 0 radical (unpaired) electrons. The molecule has 10 nitrogen and oxygen atoms in total. The molecule has 2 saturated heterocycles. The first-order chi connectivity index (χ1) is 20.0. The van der Waals surface area contributed by atoms with Crippen molar-refractivity contribution in [2.45, 2.75) is 96.7 Å². The van der Waals surface area contributed by atoms with Crippen molar-refractivity contribution in [1.29, 1.82) is 0 Å². The maximum Gasteiger partial charge on any atom is 0.410 e. The second kappa shape index (κ2) is 12.8. The van der Waals surface area contributed by atoms with Crippen molar-refractivity contribution in [3.05, 3.63) is 23.5 Å². The van der Waals surface area contributed by atoms with E-state index in [1.54, 1.807) is 4.90 Å². The number of morpholine rings is 1. The predicted octanol–water partition coefficient (Wildman–Crippen LogP) is 4.51. The van der Waals surface area contributed by atoms with Gasteiger partial charge in [0.15, 0.2) is 5.69 Å². The summed E-state index contributed by atoms with van der Waals surface area (Å²) in [5.74, 6) is 0.139. The minimum atomic E-state index is -0.670. The molecule has 1 N–H and O–H groups in total. The molecule has 2 aliphatic heterocycles. The Balaban J connectivity index is 1.44. The third-order valence-electron chi connectivity index (χ3n) is 8.64. The standard InChI is InChI=1S/C32H49N5O5/c1-21(2)18-37(30(39)28-27(34-25-7-6-8-25)16-23(17-33-28)22-9-10-22)26-15-24(29(38)35-11-13-41-14-12-35)19-36(20-26)31(40)42-32(3,4)5/h16-17,21-22,24-26,34H,6-15,18-20H2,1-5H3. The first-order valence-electron chi connectivity index (χ1n) is 15.9. The highest BCUT2D eigenvalue weighted by molar-refractivity contribution is 5.98. The van der Waals surface area contributed by atoms with E-state index in [0.29, 0.717) is 63.5 Å². The Hall–Kier alpha value is -2.88. The number of hydrogen-bond acceptors (Lipinski definition) is 7. The summed E-state index contributed by atoms with van der Waals surface area (Å²) in [6.45, 7) is 12.9. The molecule has 3 amide bonds. The molecule has 232 valence electrons. The second-order valence-electron chi connectivity index (χ2n) is 14.0. The lowest BCUT2D eigenvalue weighted by Gasteiger charge is -2.44. The Morgan fingerprint density at radius 1 is 1.10 bits per heavy atom. The topological polar surface area (TPSA) is 104 Å². The van der Waals surface area contributed by atoms with Crippen LogP contribution in [0.5, 0.6) is 0 Å². The fraction of sp³-hybridized carbons (Fsp3) is 0.750. The van der Waals surface area contributed by atoms with E-state index in [4.69, 9.17) is 14.5 Å². The van der Waals surface area contributed by atoms with Crippen molar-refractivity contribution in [3.63, 3.8) is 0 Å². The molecule has 0 spiro atoms. The Morgan fingerprint density at radius 2 is 1.81 bits per heavy atom. The number of nitrogens with zero attached hydrogens (tertiary/aromatic N) is 4. The van der Waals surface area contributed by atoms with Crippen molar-refractivity contribution in [1.82, 2.24) is 19.7 Å². The average Bonchev–Trinajstić information content (AvgIpc) is 3.78. The summed E-state index contributed by atoms with van der Waals surface area (Å²) in [5.41, 5.74) is 1.76. The van der Waals surface area contributed by atoms with Crippen LogP contribution in [0.2, 0.25) is 0 Å². The van der Waals surface area contributed by atoms with E-state index in [-0.39, 0.29) is 30.3 Å². The maximum atomic E-state index is 14.4. The van der Waals surface area contributed by atoms with E-state index < -0.39 is 17.6 Å². The van der Waals surface area contributed by atoms with E-state index in [9.17, 15) is 14.4 Å². The summed E-state index contributed by atoms with van der Waals surface area (Å²) in [4.78, 5) is 51.6. The van der Waals surface area contributed by atoms with Crippen LogP contribution in [0.1, 0.15) is 95.1 Å². The molecule has 42 heavy (non-hydrogen) atoms. The normalized spacial score (nSPS) is 23.4. The van der Waals surface area contributed by atoms with Crippen LogP contribution in [-0.4, -0.2) is 101 Å². The van der Waals surface area contributed by atoms with E-state index in [1.807, 2.05) is 36.8 Å². The molecule has 10 heteroatoms. The Kier molecular flexibility index (Phi) is 9.30. The van der Waals surface area contributed by atoms with Gasteiger partial charge in [0.25, 0.3) is 5.91 Å². The zero-order chi connectivity index (χ0) is 30.0. The summed E-state index contributed by atoms with van der Waals surface area (Å²) >= 11 is 0. The molecule has 0 aromatic carbocycles. The van der Waals surface area contributed by atoms with Gasteiger partial charge >= 0.3 is 6.09 Å². The summed E-state index contributed by atoms with van der Waals surface area (Å²) in [7, 11) is 0. The number of rotatable bonds is 8. The third-order valence-corrected chi connectivity index (χ3v) is 8.64. The molecule has 4 aliphatic rings. The molecular formula is C32H49N5O5. The van der Waals surface area contributed by atoms with Gasteiger partial charge in [0.05, 0.1) is 30.9 Å². The lowest BCUT2D eigenvalue weighted by atomic mass is 9.90. The van der Waals surface area contributed by atoms with Crippen LogP contribution in [0.3, 0.4) is 0 Å². The van der Waals surface area contributed by atoms with Crippen molar-refractivity contribution in [2.75, 3.05) is 51.3 Å². The molecule has 1 aromatic heterocycles. The Morgan fingerprint density at radius 3 is 2.40 bits per heavy atom. The quantitative estimate of drug-likeness (QED) is 0.480. The van der Waals surface area contributed by atoms with Crippen LogP contribution in [0.15, 0.2) is 12.3 Å². The molecule has 3 heterocycles. The minimum Gasteiger partial charge on any atom is -0.444 e. The fourth-order valence-corrected chi connectivity index (χ4v) is 6.10. The van der Waals surface area contributed by atoms with Gasteiger partial charge in [-0.2, -0.15) is 0 Å². The van der Waals surface area contributed by atoms with Crippen LogP contribution >= 0.6 is 0 Å². The van der Waals surface area contributed by atoms with Gasteiger partial charge in [0.1, 0.15) is 5.60 Å². The number of ether oxygens (including phenoxy) is 2. The first kappa shape index (κ1) is 30.6. The van der Waals surface area contributed by atoms with E-state index in [0.717, 1.165) is 18.5 Å². The number of piperidine rings is 1. The number of pyridine rings is 1. The molecule has 2 aliphatic carbocycles. The zero-order valence-corrected chi connectivity index (χ0v) is 26.1. The number of hydrogen-bond donors (Lipinski definition) is 1. The Bertz CT molecular complexity index is 1140. The van der Waals surface area contributed by atoms with Crippen LogP contribution in [-0.2, 0) is 14.3 Å². The van der Waals surface area contributed by atoms with Gasteiger partial charge in [-0.3, -0.25) is 9.59 Å². The van der Waals surface area contributed by atoms with Crippen LogP contribution in [0, 0.1) is 11.8 Å². The lowest BCUT2D eigenvalue weighted by Crippen LogP contribution is -2.58. The first-order valence-corrected chi connectivity index (χ1v) is 15.9. The summed E-state index contributed by atoms with van der Waals surface area (Å²) in [6.07, 6.45) is 7.60. The number of carbonyl (C=O) groups is 3. The zero-order valence-electron chi connectivity index (χ0n) is 26.1. The number of anilines is 1. The third kappa shape index (κ3) is 7.54. The van der Waals surface area contributed by atoms with E-state index in [2.05, 4.69) is 25.2 Å². The molecule has 5 rings (SSSR count). The minimum absolute atomic E-state index is 0.00718. The van der Waals surface area contributed by atoms with Gasteiger partial charge in [-0.05, 0) is 82.8 Å². The van der Waals surface area contributed by atoms with Crippen LogP contribution in [0.25, 0.3) is 0 Å². The van der Waals surface area contributed by atoms with E-state index >= 15 is 0 Å². The number of carbonyl (C=O) groups excluding carboxylic acids is 3. The van der Waals surface area contributed by atoms with E-state index in [1.165, 1.54) is 24.8 Å². The van der Waals surface area contributed by atoms with Crippen molar-refractivity contribution >= 4 is 23.6 Å². The number of nitrogens with one attached hydrogen (secondary N) is 1. The van der Waals surface area contributed by atoms with Crippen molar-refractivity contribution < 1.29 is 23.9 Å². The summed E-state index contributed by atoms with van der Waals surface area (Å²) in [5, 5.41) is 3.62. The molecule has 2 unspecified atom stereocenters. The van der Waals surface area contributed by atoms with Crippen molar-refractivity contribution in [2.24, 2.45) is 11.8 Å². The van der Waals surface area contributed by atoms with Gasteiger partial charge in [-0.1, -0.05) is 13.8 Å². The SMILES string of the molecule is CC(C)CN(C(=O)c1ncc(C2CC2)cc1NC1CCC1)C1CC(C(=O)N2CCOCC2)CN(C(=O)OC(C)(C)C)C1.